The molecule has 0 radical (unpaired) electrons. The Bertz CT molecular complexity index is 1870. The Kier molecular flexibility index (Phi) is 14.3. The van der Waals surface area contributed by atoms with Crippen LogP contribution >= 0.6 is 0 Å². The van der Waals surface area contributed by atoms with Crippen LogP contribution in [-0.4, -0.2) is 59.6 Å². The fourth-order valence-corrected chi connectivity index (χ4v) is 7.62. The maximum Gasteiger partial charge on any atom is 0.508 e. The number of hydrogen-bond donors (Lipinski definition) is 0. The predicted octanol–water partition coefficient (Wildman–Crippen LogP) is 9.67. The van der Waals surface area contributed by atoms with Crippen molar-refractivity contribution in [1.29, 1.82) is 0 Å². The van der Waals surface area contributed by atoms with Crippen molar-refractivity contribution in [2.45, 2.75) is 63.3 Å². The van der Waals surface area contributed by atoms with Gasteiger partial charge in [0.25, 0.3) is 0 Å². The van der Waals surface area contributed by atoms with E-state index < -0.39 is 12.3 Å². The molecule has 0 spiro atoms. The smallest absolute Gasteiger partial charge is 0.430 e. The molecule has 8 rings (SSSR count). The number of benzene rings is 6. The standard InChI is InChI=1S/2C25H25NO3/c2*27-25-28-19-24(29-25)23(16-20-10-4-1-5-11-20)26(17-21-12-6-2-7-13-21)18-22-14-8-3-9-15-22/h2*1-15,23-24H,16-19H2/t2*23-,24-/m00/s1. The molecule has 0 aromatic heterocycles. The van der Waals surface area contributed by atoms with Gasteiger partial charge in [-0.2, -0.15) is 0 Å². The van der Waals surface area contributed by atoms with Gasteiger partial charge in [0.15, 0.2) is 12.2 Å². The summed E-state index contributed by atoms with van der Waals surface area (Å²) in [5, 5.41) is 0. The number of nitrogens with zero attached hydrogens (tertiary/aromatic N) is 2. The number of carbonyl (C=O) groups excluding carboxylic acids is 2. The van der Waals surface area contributed by atoms with Crippen LogP contribution in [0.15, 0.2) is 182 Å². The third kappa shape index (κ3) is 11.9. The van der Waals surface area contributed by atoms with Crippen LogP contribution in [0.3, 0.4) is 0 Å². The Labute approximate surface area is 341 Å². The number of cyclic esters (lactones) is 4. The van der Waals surface area contributed by atoms with Gasteiger partial charge < -0.3 is 18.9 Å². The summed E-state index contributed by atoms with van der Waals surface area (Å²) in [5.74, 6) is 0. The zero-order valence-electron chi connectivity index (χ0n) is 32.6. The van der Waals surface area contributed by atoms with Crippen LogP contribution in [0, 0.1) is 0 Å². The summed E-state index contributed by atoms with van der Waals surface area (Å²) in [6, 6.07) is 62.3. The minimum Gasteiger partial charge on any atom is -0.430 e. The van der Waals surface area contributed by atoms with Gasteiger partial charge >= 0.3 is 12.3 Å². The maximum absolute atomic E-state index is 11.7. The highest BCUT2D eigenvalue weighted by molar-refractivity contribution is 5.62. The van der Waals surface area contributed by atoms with Crippen molar-refractivity contribution >= 4 is 12.3 Å². The molecule has 0 unspecified atom stereocenters. The van der Waals surface area contributed by atoms with Crippen LogP contribution < -0.4 is 0 Å². The first-order valence-corrected chi connectivity index (χ1v) is 19.9. The molecule has 0 aliphatic carbocycles. The Morgan fingerprint density at radius 2 is 0.621 bits per heavy atom. The molecule has 2 aliphatic rings. The highest BCUT2D eigenvalue weighted by Gasteiger charge is 2.38. The van der Waals surface area contributed by atoms with Crippen molar-refractivity contribution < 1.29 is 28.5 Å². The minimum atomic E-state index is -0.576. The van der Waals surface area contributed by atoms with E-state index in [-0.39, 0.29) is 37.5 Å². The van der Waals surface area contributed by atoms with Gasteiger partial charge in [-0.15, -0.1) is 0 Å². The molecule has 2 heterocycles. The van der Waals surface area contributed by atoms with Crippen molar-refractivity contribution in [1.82, 2.24) is 9.80 Å². The van der Waals surface area contributed by atoms with E-state index in [0.29, 0.717) is 0 Å². The van der Waals surface area contributed by atoms with E-state index in [0.717, 1.165) is 39.0 Å². The quantitative estimate of drug-likeness (QED) is 0.0901. The number of hydrogen-bond acceptors (Lipinski definition) is 8. The normalized spacial score (nSPS) is 17.0. The number of rotatable bonds is 16. The molecule has 6 aromatic carbocycles. The molecule has 4 atom stereocenters. The molecule has 8 nitrogen and oxygen atoms in total. The van der Waals surface area contributed by atoms with Crippen LogP contribution in [0.25, 0.3) is 0 Å². The van der Waals surface area contributed by atoms with Gasteiger partial charge in [-0.3, -0.25) is 9.80 Å². The molecule has 0 amide bonds. The monoisotopic (exact) mass is 774 g/mol. The minimum absolute atomic E-state index is 0.00395. The first kappa shape index (κ1) is 40.0. The summed E-state index contributed by atoms with van der Waals surface area (Å²) >= 11 is 0. The first-order valence-electron chi connectivity index (χ1n) is 19.9. The summed E-state index contributed by atoms with van der Waals surface area (Å²) in [6.07, 6.45) is -0.186. The molecule has 2 fully saturated rings. The van der Waals surface area contributed by atoms with Crippen LogP contribution in [0.4, 0.5) is 9.59 Å². The third-order valence-corrected chi connectivity index (χ3v) is 10.5. The van der Waals surface area contributed by atoms with Gasteiger partial charge in [0.1, 0.15) is 13.2 Å². The van der Waals surface area contributed by atoms with E-state index in [1.807, 2.05) is 60.7 Å². The van der Waals surface area contributed by atoms with Gasteiger partial charge in [-0.25, -0.2) is 9.59 Å². The third-order valence-electron chi connectivity index (χ3n) is 10.5. The molecule has 2 saturated heterocycles. The second-order valence-electron chi connectivity index (χ2n) is 14.7. The molecule has 58 heavy (non-hydrogen) atoms. The molecule has 6 aromatic rings. The summed E-state index contributed by atoms with van der Waals surface area (Å²) in [4.78, 5) is 28.2. The Morgan fingerprint density at radius 1 is 0.379 bits per heavy atom. The molecular weight excluding hydrogens is 725 g/mol. The SMILES string of the molecule is O=C1OC[C@@H]([C@H](Cc2ccccc2)N(Cc2ccccc2)Cc2ccccc2)O1.O=C1OC[C@@H]([C@H](Cc2ccccc2)N(Cc2ccccc2)Cc2ccccc2)O1. The largest absolute Gasteiger partial charge is 0.508 e. The van der Waals surface area contributed by atoms with Gasteiger partial charge in [-0.1, -0.05) is 182 Å². The molecule has 2 aliphatic heterocycles. The van der Waals surface area contributed by atoms with E-state index in [2.05, 4.69) is 131 Å². The second kappa shape index (κ2) is 20.8. The fourth-order valence-electron chi connectivity index (χ4n) is 7.62. The van der Waals surface area contributed by atoms with Crippen molar-refractivity contribution in [2.75, 3.05) is 13.2 Å². The number of ether oxygens (including phenoxy) is 4. The van der Waals surface area contributed by atoms with Crippen molar-refractivity contribution in [3.05, 3.63) is 215 Å². The highest BCUT2D eigenvalue weighted by atomic mass is 16.8. The number of carbonyl (C=O) groups is 2. The van der Waals surface area contributed by atoms with Crippen molar-refractivity contribution in [3.63, 3.8) is 0 Å². The summed E-state index contributed by atoms with van der Waals surface area (Å²) in [7, 11) is 0. The van der Waals surface area contributed by atoms with Gasteiger partial charge in [0.05, 0.1) is 12.1 Å². The average Bonchev–Trinajstić information content (AvgIpc) is 3.91. The van der Waals surface area contributed by atoms with Crippen LogP contribution in [0.5, 0.6) is 0 Å². The topological polar surface area (TPSA) is 77.5 Å². The molecule has 0 N–H and O–H groups in total. The van der Waals surface area contributed by atoms with Crippen LogP contribution in [0.2, 0.25) is 0 Å². The summed E-state index contributed by atoms with van der Waals surface area (Å²) < 4.78 is 21.4. The lowest BCUT2D eigenvalue weighted by Crippen LogP contribution is -2.45. The summed E-state index contributed by atoms with van der Waals surface area (Å²) in [5.41, 5.74) is 7.34. The van der Waals surface area contributed by atoms with Gasteiger partial charge in [0, 0.05) is 26.2 Å². The Balaban J connectivity index is 0.000000177. The van der Waals surface area contributed by atoms with E-state index >= 15 is 0 Å². The zero-order valence-corrected chi connectivity index (χ0v) is 32.6. The van der Waals surface area contributed by atoms with Crippen LogP contribution in [-0.2, 0) is 58.0 Å². The summed E-state index contributed by atoms with van der Waals surface area (Å²) in [6.45, 7) is 3.64. The molecular formula is C50H50N2O6. The molecule has 296 valence electrons. The van der Waals surface area contributed by atoms with Crippen molar-refractivity contribution in [2.24, 2.45) is 0 Å². The zero-order chi connectivity index (χ0) is 39.8. The average molecular weight is 775 g/mol. The highest BCUT2D eigenvalue weighted by Crippen LogP contribution is 2.26. The molecule has 0 saturated carbocycles. The fraction of sp³-hybridized carbons (Fsp3) is 0.240. The predicted molar refractivity (Wildman–Crippen MR) is 225 cm³/mol. The van der Waals surface area contributed by atoms with Crippen LogP contribution in [0.1, 0.15) is 33.4 Å². The van der Waals surface area contributed by atoms with E-state index in [1.54, 1.807) is 0 Å². The van der Waals surface area contributed by atoms with Gasteiger partial charge in [0.2, 0.25) is 0 Å². The Morgan fingerprint density at radius 3 is 0.845 bits per heavy atom. The lowest BCUT2D eigenvalue weighted by molar-refractivity contribution is 0.0493. The lowest BCUT2D eigenvalue weighted by atomic mass is 9.98. The van der Waals surface area contributed by atoms with Gasteiger partial charge in [-0.05, 0) is 46.2 Å². The molecule has 0 bridgehead atoms. The van der Waals surface area contributed by atoms with E-state index in [9.17, 15) is 9.59 Å². The lowest BCUT2D eigenvalue weighted by Gasteiger charge is -2.34. The van der Waals surface area contributed by atoms with E-state index in [4.69, 9.17) is 18.9 Å². The van der Waals surface area contributed by atoms with Crippen molar-refractivity contribution in [3.8, 4) is 0 Å². The van der Waals surface area contributed by atoms with E-state index in [1.165, 1.54) is 33.4 Å². The molecule has 8 heteroatoms. The second-order valence-corrected chi connectivity index (χ2v) is 14.7. The maximum atomic E-state index is 11.7. The first-order chi connectivity index (χ1) is 28.6. The Hall–Kier alpha value is -6.22.